The molecule has 0 spiro atoms. The van der Waals surface area contributed by atoms with Crippen molar-refractivity contribution in [1.29, 1.82) is 0 Å². The van der Waals surface area contributed by atoms with Crippen molar-refractivity contribution in [2.45, 2.75) is 64.2 Å². The van der Waals surface area contributed by atoms with Gasteiger partial charge in [-0.1, -0.05) is 62.4 Å². The average molecular weight is 673 g/mol. The average Bonchev–Trinajstić information content (AvgIpc) is 3.30. The lowest BCUT2D eigenvalue weighted by molar-refractivity contribution is -0.139. The van der Waals surface area contributed by atoms with Crippen LogP contribution < -0.4 is 31.3 Å². The molecule has 13 heteroatoms. The van der Waals surface area contributed by atoms with Crippen LogP contribution in [0, 0.1) is 5.92 Å². The normalized spacial score (nSPS) is 22.9. The van der Waals surface area contributed by atoms with Crippen LogP contribution in [-0.4, -0.2) is 84.6 Å². The molecule has 1 fully saturated rings. The lowest BCUT2D eigenvalue weighted by Gasteiger charge is -2.28. The number of rotatable bonds is 5. The molecule has 2 aliphatic heterocycles. The van der Waals surface area contributed by atoms with Gasteiger partial charge in [0.05, 0.1) is 12.8 Å². The third-order valence-electron chi connectivity index (χ3n) is 8.20. The Kier molecular flexibility index (Phi) is 12.7. The van der Waals surface area contributed by atoms with Gasteiger partial charge in [-0.15, -0.1) is 0 Å². The zero-order valence-electron chi connectivity index (χ0n) is 28.2. The van der Waals surface area contributed by atoms with Crippen LogP contribution in [0.25, 0.3) is 6.08 Å². The summed E-state index contributed by atoms with van der Waals surface area (Å²) >= 11 is 0. The maximum absolute atomic E-state index is 13.7. The topological polar surface area (TPSA) is 175 Å². The second-order valence-corrected chi connectivity index (χ2v) is 12.5. The van der Waals surface area contributed by atoms with E-state index in [2.05, 4.69) is 26.6 Å². The smallest absolute Gasteiger partial charge is 0.252 e. The Morgan fingerprint density at radius 1 is 0.939 bits per heavy atom. The van der Waals surface area contributed by atoms with E-state index in [-0.39, 0.29) is 37.4 Å². The second-order valence-electron chi connectivity index (χ2n) is 12.5. The van der Waals surface area contributed by atoms with Gasteiger partial charge in [-0.25, -0.2) is 0 Å². The Balaban J connectivity index is 1.55. The molecule has 0 aliphatic carbocycles. The lowest BCUT2D eigenvalue weighted by atomic mass is 10.0. The van der Waals surface area contributed by atoms with Crippen LogP contribution in [0.4, 0.5) is 0 Å². The van der Waals surface area contributed by atoms with E-state index < -0.39 is 59.6 Å². The number of para-hydroxylation sites is 1. The van der Waals surface area contributed by atoms with Crippen LogP contribution in [-0.2, 0) is 35.2 Å². The van der Waals surface area contributed by atoms with Crippen molar-refractivity contribution < 1.29 is 33.5 Å². The molecule has 49 heavy (non-hydrogen) atoms. The van der Waals surface area contributed by atoms with E-state index in [1.165, 1.54) is 31.2 Å². The third kappa shape index (κ3) is 10.3. The summed E-state index contributed by atoms with van der Waals surface area (Å²) in [7, 11) is 1.47. The Hall–Kier alpha value is -5.46. The van der Waals surface area contributed by atoms with Gasteiger partial charge in [0, 0.05) is 31.1 Å². The number of benzene rings is 2. The van der Waals surface area contributed by atoms with E-state index in [0.717, 1.165) is 5.56 Å². The highest BCUT2D eigenvalue weighted by atomic mass is 16.5. The molecular weight excluding hydrogens is 628 g/mol. The van der Waals surface area contributed by atoms with Gasteiger partial charge in [-0.2, -0.15) is 0 Å². The first kappa shape index (κ1) is 36.4. The van der Waals surface area contributed by atoms with Gasteiger partial charge in [-0.05, 0) is 49.5 Å². The summed E-state index contributed by atoms with van der Waals surface area (Å²) in [4.78, 5) is 81.4. The highest BCUT2D eigenvalue weighted by molar-refractivity contribution is 6.03. The number of hydrogen-bond donors (Lipinski definition) is 5. The number of carbonyl (C=O) groups is 6. The van der Waals surface area contributed by atoms with E-state index in [1.807, 2.05) is 42.5 Å². The van der Waals surface area contributed by atoms with Crippen molar-refractivity contribution in [3.8, 4) is 5.75 Å². The Morgan fingerprint density at radius 3 is 2.39 bits per heavy atom. The fourth-order valence-corrected chi connectivity index (χ4v) is 5.41. The van der Waals surface area contributed by atoms with Crippen LogP contribution in [0.2, 0.25) is 0 Å². The van der Waals surface area contributed by atoms with E-state index in [1.54, 1.807) is 32.1 Å². The fraction of sp³-hybridized carbons (Fsp3) is 0.389. The second kappa shape index (κ2) is 17.1. The van der Waals surface area contributed by atoms with Crippen molar-refractivity contribution in [2.75, 3.05) is 20.1 Å². The first-order chi connectivity index (χ1) is 23.4. The van der Waals surface area contributed by atoms with Crippen molar-refractivity contribution in [3.05, 3.63) is 83.6 Å². The van der Waals surface area contributed by atoms with Gasteiger partial charge in [0.25, 0.3) is 5.91 Å². The van der Waals surface area contributed by atoms with Gasteiger partial charge >= 0.3 is 0 Å². The van der Waals surface area contributed by atoms with Crippen molar-refractivity contribution in [1.82, 2.24) is 31.5 Å². The summed E-state index contributed by atoms with van der Waals surface area (Å²) in [6, 6.07) is 12.1. The molecule has 0 unspecified atom stereocenters. The molecular formula is C36H44N6O7. The molecule has 0 saturated carbocycles. The minimum Gasteiger partial charge on any atom is -0.464 e. The summed E-state index contributed by atoms with van der Waals surface area (Å²) in [5.41, 5.74) is 1.73. The van der Waals surface area contributed by atoms with E-state index >= 15 is 0 Å². The highest BCUT2D eigenvalue weighted by Crippen LogP contribution is 2.24. The first-order valence-corrected chi connectivity index (χ1v) is 16.3. The number of likely N-dealkylation sites (N-methyl/N-ethyl adjacent to an activating group) is 1. The quantitative estimate of drug-likeness (QED) is 0.317. The number of nitrogens with zero attached hydrogens (tertiary/aromatic N) is 1. The Labute approximate surface area is 285 Å². The predicted octanol–water partition coefficient (Wildman–Crippen LogP) is 1.20. The number of nitrogens with one attached hydrogen (secondary N) is 5. The molecule has 1 saturated heterocycles. The van der Waals surface area contributed by atoms with Crippen molar-refractivity contribution in [2.24, 2.45) is 5.92 Å². The standard InChI is InChI=1S/C36H44N6O7/c1-22(2)31-35(47)38-23(3)32(44)40-28(19-24-11-6-5-7-12-24)36(48)42(4)21-30(43)37-17-10-14-27(34(46)41-31)39-33(45)26-16-18-49-29-15-9-8-13-25(29)20-26/h5-9,11-13,15-16,18,20,22-23,27-28,31H,10,14,17,19,21H2,1-4H3,(H,37,43)(H,38,47)(H,39,45)(H,40,44)(H,41,46)/t23-,27+,28+,31-/m1/s1. The largest absolute Gasteiger partial charge is 0.464 e. The molecule has 2 aliphatic rings. The molecule has 0 aromatic heterocycles. The third-order valence-corrected chi connectivity index (χ3v) is 8.20. The molecule has 4 atom stereocenters. The number of ether oxygens (including phenoxy) is 1. The number of fused-ring (bicyclic) bond motifs is 1. The van der Waals surface area contributed by atoms with Gasteiger partial charge < -0.3 is 36.2 Å². The number of amides is 6. The maximum Gasteiger partial charge on any atom is 0.252 e. The monoisotopic (exact) mass is 672 g/mol. The highest BCUT2D eigenvalue weighted by Gasteiger charge is 2.32. The zero-order chi connectivity index (χ0) is 35.5. The summed E-state index contributed by atoms with van der Waals surface area (Å²) < 4.78 is 5.59. The maximum atomic E-state index is 13.7. The van der Waals surface area contributed by atoms with Gasteiger partial charge in [0.15, 0.2) is 0 Å². The Bertz CT molecular complexity index is 1610. The van der Waals surface area contributed by atoms with Crippen LogP contribution >= 0.6 is 0 Å². The van der Waals surface area contributed by atoms with Crippen LogP contribution in [0.15, 0.2) is 72.5 Å². The molecule has 5 N–H and O–H groups in total. The zero-order valence-corrected chi connectivity index (χ0v) is 28.2. The summed E-state index contributed by atoms with van der Waals surface area (Å²) in [6.45, 7) is 4.85. The molecule has 2 aromatic carbocycles. The lowest BCUT2D eigenvalue weighted by Crippen LogP contribution is -2.59. The number of carbonyl (C=O) groups excluding carboxylic acids is 6. The van der Waals surface area contributed by atoms with Crippen molar-refractivity contribution in [3.63, 3.8) is 0 Å². The minimum atomic E-state index is -1.07. The first-order valence-electron chi connectivity index (χ1n) is 16.3. The summed E-state index contributed by atoms with van der Waals surface area (Å²) in [5.74, 6) is -3.08. The van der Waals surface area contributed by atoms with Gasteiger partial charge in [0.1, 0.15) is 29.9 Å². The van der Waals surface area contributed by atoms with E-state index in [4.69, 9.17) is 4.74 Å². The molecule has 0 bridgehead atoms. The van der Waals surface area contributed by atoms with E-state index in [9.17, 15) is 28.8 Å². The molecule has 2 heterocycles. The molecule has 4 rings (SSSR count). The van der Waals surface area contributed by atoms with Crippen molar-refractivity contribution >= 4 is 41.5 Å². The van der Waals surface area contributed by atoms with Crippen LogP contribution in [0.1, 0.15) is 44.7 Å². The molecule has 0 radical (unpaired) electrons. The minimum absolute atomic E-state index is 0.126. The SMILES string of the molecule is CC(C)[C@H]1NC(=O)[C@@H](NC(=O)C2=Cc3ccccc3OC=C2)CCCNC(=O)CN(C)C(=O)[C@H](Cc2ccccc2)NC(=O)[C@@H](C)NC1=O. The summed E-state index contributed by atoms with van der Waals surface area (Å²) in [6.07, 6.45) is 5.12. The van der Waals surface area contributed by atoms with Gasteiger partial charge in [-0.3, -0.25) is 28.8 Å². The Morgan fingerprint density at radius 2 is 1.65 bits per heavy atom. The molecule has 6 amide bonds. The van der Waals surface area contributed by atoms with Crippen LogP contribution in [0.3, 0.4) is 0 Å². The summed E-state index contributed by atoms with van der Waals surface area (Å²) in [5, 5.41) is 13.7. The van der Waals surface area contributed by atoms with Crippen LogP contribution in [0.5, 0.6) is 5.75 Å². The van der Waals surface area contributed by atoms with E-state index in [0.29, 0.717) is 17.7 Å². The fourth-order valence-electron chi connectivity index (χ4n) is 5.41. The molecule has 13 nitrogen and oxygen atoms in total. The van der Waals surface area contributed by atoms with Gasteiger partial charge in [0.2, 0.25) is 29.5 Å². The number of hydrogen-bond acceptors (Lipinski definition) is 7. The molecule has 2 aromatic rings. The molecule has 260 valence electrons. The predicted molar refractivity (Wildman–Crippen MR) is 182 cm³/mol.